The first-order chi connectivity index (χ1) is 14.7. The average Bonchev–Trinajstić information content (AvgIpc) is 2.76. The van der Waals surface area contributed by atoms with Crippen molar-refractivity contribution in [2.45, 2.75) is 0 Å². The molecule has 162 valence electrons. The molecular weight excluding hydrogens is 392 g/mol. The fraction of sp³-hybridized carbons (Fsp3) is 0.240. The Balaban J connectivity index is 2.14. The summed E-state index contributed by atoms with van der Waals surface area (Å²) in [7, 11) is 8.90. The molecule has 0 atom stereocenters. The highest BCUT2D eigenvalue weighted by atomic mass is 16.5. The van der Waals surface area contributed by atoms with E-state index in [1.807, 2.05) is 86.5 Å². The molecule has 2 aromatic carbocycles. The summed E-state index contributed by atoms with van der Waals surface area (Å²) in [5.41, 5.74) is 3.61. The number of carbonyl (C=O) groups excluding carboxylic acids is 3. The lowest BCUT2D eigenvalue weighted by Gasteiger charge is -2.12. The van der Waals surface area contributed by atoms with Crippen LogP contribution in [-0.4, -0.2) is 52.8 Å². The number of hydrogen-bond donors (Lipinski definition) is 0. The largest absolute Gasteiger partial charge is 0.468 e. The van der Waals surface area contributed by atoms with E-state index >= 15 is 0 Å². The molecule has 0 aliphatic carbocycles. The van der Waals surface area contributed by atoms with Crippen LogP contribution in [0.25, 0.3) is 12.2 Å². The molecule has 31 heavy (non-hydrogen) atoms. The van der Waals surface area contributed by atoms with Crippen LogP contribution >= 0.6 is 0 Å². The van der Waals surface area contributed by atoms with Gasteiger partial charge in [-0.05, 0) is 47.5 Å². The summed E-state index contributed by atoms with van der Waals surface area (Å²) in [6.45, 7) is 0. The van der Waals surface area contributed by atoms with Gasteiger partial charge in [0, 0.05) is 39.6 Å². The van der Waals surface area contributed by atoms with E-state index in [1.54, 1.807) is 12.2 Å². The molecule has 6 nitrogen and oxygen atoms in total. The van der Waals surface area contributed by atoms with Crippen molar-refractivity contribution in [3.05, 3.63) is 71.8 Å². The molecule has 0 aromatic heterocycles. The van der Waals surface area contributed by atoms with Gasteiger partial charge in [-0.25, -0.2) is 0 Å². The van der Waals surface area contributed by atoms with Crippen LogP contribution in [0.2, 0.25) is 0 Å². The zero-order valence-corrected chi connectivity index (χ0v) is 18.5. The van der Waals surface area contributed by atoms with E-state index in [0.29, 0.717) is 0 Å². The normalized spacial score (nSPS) is 11.2. The van der Waals surface area contributed by atoms with Gasteiger partial charge in [0.1, 0.15) is 0 Å². The molecule has 0 unspecified atom stereocenters. The Morgan fingerprint density at radius 2 is 1.06 bits per heavy atom. The molecule has 0 radical (unpaired) electrons. The minimum Gasteiger partial charge on any atom is -0.468 e. The lowest BCUT2D eigenvalue weighted by molar-refractivity contribution is -0.150. The van der Waals surface area contributed by atoms with Gasteiger partial charge in [-0.15, -0.1) is 0 Å². The molecule has 0 amide bonds. The molecule has 0 bridgehead atoms. The van der Waals surface area contributed by atoms with E-state index in [4.69, 9.17) is 0 Å². The predicted molar refractivity (Wildman–Crippen MR) is 125 cm³/mol. The monoisotopic (exact) mass is 420 g/mol. The third-order valence-corrected chi connectivity index (χ3v) is 4.70. The van der Waals surface area contributed by atoms with Crippen molar-refractivity contribution in [1.29, 1.82) is 0 Å². The number of anilines is 2. The van der Waals surface area contributed by atoms with Gasteiger partial charge in [0.2, 0.25) is 0 Å². The van der Waals surface area contributed by atoms with E-state index in [9.17, 15) is 14.4 Å². The Morgan fingerprint density at radius 1 is 0.710 bits per heavy atom. The number of benzene rings is 2. The van der Waals surface area contributed by atoms with E-state index in [0.717, 1.165) is 29.6 Å². The Kier molecular flexibility index (Phi) is 8.32. The van der Waals surface area contributed by atoms with E-state index in [-0.39, 0.29) is 0 Å². The number of esters is 1. The maximum Gasteiger partial charge on any atom is 0.324 e. The number of ether oxygens (including phenoxy) is 1. The van der Waals surface area contributed by atoms with Crippen molar-refractivity contribution >= 4 is 41.1 Å². The number of ketones is 2. The zero-order valence-electron chi connectivity index (χ0n) is 18.5. The highest BCUT2D eigenvalue weighted by Gasteiger charge is 2.31. The maximum atomic E-state index is 12.6. The Bertz CT molecular complexity index is 898. The van der Waals surface area contributed by atoms with Crippen molar-refractivity contribution in [2.75, 3.05) is 45.1 Å². The SMILES string of the molecule is COC(=O)C(C(=O)/C=C/c1ccc(N(C)C)cc1)C(=O)/C=C/c1ccc(N(C)C)cc1. The first-order valence-electron chi connectivity index (χ1n) is 9.79. The van der Waals surface area contributed by atoms with Crippen molar-refractivity contribution in [3.63, 3.8) is 0 Å². The summed E-state index contributed by atoms with van der Waals surface area (Å²) in [6.07, 6.45) is 5.64. The second-order valence-corrected chi connectivity index (χ2v) is 7.40. The molecular formula is C25H28N2O4. The van der Waals surface area contributed by atoms with Gasteiger partial charge in [0.25, 0.3) is 0 Å². The predicted octanol–water partition coefficient (Wildman–Crippen LogP) is 3.47. The fourth-order valence-electron chi connectivity index (χ4n) is 2.81. The van der Waals surface area contributed by atoms with Gasteiger partial charge in [-0.1, -0.05) is 36.4 Å². The highest BCUT2D eigenvalue weighted by Crippen LogP contribution is 2.16. The van der Waals surface area contributed by atoms with E-state index in [2.05, 4.69) is 4.74 Å². The summed E-state index contributed by atoms with van der Waals surface area (Å²) in [5, 5.41) is 0. The first kappa shape index (κ1) is 23.6. The van der Waals surface area contributed by atoms with Crippen LogP contribution in [0, 0.1) is 5.92 Å². The standard InChI is InChI=1S/C25H28N2O4/c1-26(2)20-12-6-18(7-13-20)10-16-22(28)24(25(30)31-5)23(29)17-11-19-8-14-21(15-9-19)27(3)4/h6-17,24H,1-5H3/b16-10+,17-11+. The summed E-state index contributed by atoms with van der Waals surface area (Å²) < 4.78 is 4.68. The third kappa shape index (κ3) is 6.67. The summed E-state index contributed by atoms with van der Waals surface area (Å²) >= 11 is 0. The maximum absolute atomic E-state index is 12.6. The van der Waals surface area contributed by atoms with Gasteiger partial charge in [0.05, 0.1) is 7.11 Å². The van der Waals surface area contributed by atoms with Gasteiger partial charge >= 0.3 is 5.97 Å². The van der Waals surface area contributed by atoms with Crippen LogP contribution in [0.4, 0.5) is 11.4 Å². The van der Waals surface area contributed by atoms with Gasteiger partial charge < -0.3 is 14.5 Å². The number of carbonyl (C=O) groups is 3. The first-order valence-corrected chi connectivity index (χ1v) is 9.79. The number of rotatable bonds is 9. The minimum atomic E-state index is -1.53. The van der Waals surface area contributed by atoms with E-state index < -0.39 is 23.5 Å². The highest BCUT2D eigenvalue weighted by molar-refractivity contribution is 6.24. The van der Waals surface area contributed by atoms with Gasteiger partial charge in [-0.2, -0.15) is 0 Å². The Labute approximate surface area is 183 Å². The van der Waals surface area contributed by atoms with Crippen LogP contribution in [0.15, 0.2) is 60.7 Å². The van der Waals surface area contributed by atoms with Crippen molar-refractivity contribution in [3.8, 4) is 0 Å². The molecule has 0 aliphatic heterocycles. The fourth-order valence-corrected chi connectivity index (χ4v) is 2.81. The van der Waals surface area contributed by atoms with Crippen LogP contribution in [-0.2, 0) is 19.1 Å². The second-order valence-electron chi connectivity index (χ2n) is 7.40. The molecule has 0 saturated heterocycles. The van der Waals surface area contributed by atoms with Crippen molar-refractivity contribution < 1.29 is 19.1 Å². The van der Waals surface area contributed by atoms with Crippen LogP contribution in [0.1, 0.15) is 11.1 Å². The van der Waals surface area contributed by atoms with Gasteiger partial charge in [0.15, 0.2) is 17.5 Å². The summed E-state index contributed by atoms with van der Waals surface area (Å²) in [4.78, 5) is 41.3. The van der Waals surface area contributed by atoms with E-state index in [1.165, 1.54) is 12.2 Å². The van der Waals surface area contributed by atoms with Crippen LogP contribution < -0.4 is 9.80 Å². The number of methoxy groups -OCH3 is 1. The lowest BCUT2D eigenvalue weighted by atomic mass is 9.97. The molecule has 2 rings (SSSR count). The Morgan fingerprint density at radius 3 is 1.35 bits per heavy atom. The quantitative estimate of drug-likeness (QED) is 0.352. The average molecular weight is 421 g/mol. The molecule has 0 heterocycles. The topological polar surface area (TPSA) is 66.9 Å². The zero-order chi connectivity index (χ0) is 23.0. The number of hydrogen-bond acceptors (Lipinski definition) is 6. The summed E-state index contributed by atoms with van der Waals surface area (Å²) in [6, 6.07) is 15.1. The van der Waals surface area contributed by atoms with Crippen LogP contribution in [0.3, 0.4) is 0 Å². The molecule has 0 saturated carbocycles. The molecule has 6 heteroatoms. The smallest absolute Gasteiger partial charge is 0.324 e. The second kappa shape index (κ2) is 10.9. The number of allylic oxidation sites excluding steroid dienone is 2. The lowest BCUT2D eigenvalue weighted by Crippen LogP contribution is -2.30. The van der Waals surface area contributed by atoms with Crippen molar-refractivity contribution in [2.24, 2.45) is 5.92 Å². The minimum absolute atomic E-state index is 0.624. The summed E-state index contributed by atoms with van der Waals surface area (Å²) in [5.74, 6) is -3.66. The van der Waals surface area contributed by atoms with Crippen LogP contribution in [0.5, 0.6) is 0 Å². The Hall–Kier alpha value is -3.67. The number of nitrogens with zero attached hydrogens (tertiary/aromatic N) is 2. The van der Waals surface area contributed by atoms with Gasteiger partial charge in [-0.3, -0.25) is 14.4 Å². The van der Waals surface area contributed by atoms with Crippen molar-refractivity contribution in [1.82, 2.24) is 0 Å². The molecule has 0 aliphatic rings. The molecule has 0 spiro atoms. The molecule has 0 N–H and O–H groups in total. The molecule has 2 aromatic rings. The molecule has 0 fully saturated rings. The third-order valence-electron chi connectivity index (χ3n) is 4.70.